The van der Waals surface area contributed by atoms with Crippen LogP contribution in [0.3, 0.4) is 0 Å². The molecule has 3 aliphatic heterocycles. The van der Waals surface area contributed by atoms with Crippen molar-refractivity contribution < 1.29 is 22.8 Å². The van der Waals surface area contributed by atoms with Crippen molar-refractivity contribution in [1.82, 2.24) is 29.6 Å². The van der Waals surface area contributed by atoms with E-state index >= 15 is 0 Å². The summed E-state index contributed by atoms with van der Waals surface area (Å²) in [6, 6.07) is 8.62. The van der Waals surface area contributed by atoms with E-state index in [1.165, 1.54) is 26.0 Å². The van der Waals surface area contributed by atoms with Crippen LogP contribution in [0.2, 0.25) is 5.02 Å². The summed E-state index contributed by atoms with van der Waals surface area (Å²) >= 11 is 6.28. The van der Waals surface area contributed by atoms with E-state index in [1.807, 2.05) is 24.3 Å². The van der Waals surface area contributed by atoms with Crippen LogP contribution in [-0.4, -0.2) is 94.6 Å². The molecule has 1 atom stereocenters. The Balaban J connectivity index is 1.18. The average molecular weight is 676 g/mol. The molecule has 6 rings (SSSR count). The van der Waals surface area contributed by atoms with Gasteiger partial charge in [-0.25, -0.2) is 9.59 Å². The van der Waals surface area contributed by atoms with Gasteiger partial charge in [-0.2, -0.15) is 13.2 Å². The minimum atomic E-state index is -4.67. The summed E-state index contributed by atoms with van der Waals surface area (Å²) in [5, 5.41) is 5.28. The molecule has 3 saturated heterocycles. The average Bonchev–Trinajstić information content (AvgIpc) is 3.71. The lowest BCUT2D eigenvalue weighted by Crippen LogP contribution is -2.56. The quantitative estimate of drug-likeness (QED) is 0.324. The predicted molar refractivity (Wildman–Crippen MR) is 175 cm³/mol. The number of nitrogens with zero attached hydrogens (tertiary/aromatic N) is 4. The fourth-order valence-electron chi connectivity index (χ4n) is 7.48. The summed E-state index contributed by atoms with van der Waals surface area (Å²) in [7, 11) is 1.37. The number of nitrogens with one attached hydrogen (secondary N) is 3. The number of carbonyl (C=O) groups excluding carboxylic acids is 2. The normalized spacial score (nSPS) is 19.3. The van der Waals surface area contributed by atoms with Gasteiger partial charge in [-0.15, -0.1) is 0 Å². The van der Waals surface area contributed by atoms with E-state index < -0.39 is 23.8 Å². The van der Waals surface area contributed by atoms with Crippen LogP contribution in [0.5, 0.6) is 0 Å². The third-order valence-corrected chi connectivity index (χ3v) is 10.2. The number of H-pyrrole nitrogens is 1. The molecule has 10 nitrogen and oxygen atoms in total. The summed E-state index contributed by atoms with van der Waals surface area (Å²) in [4.78, 5) is 49.0. The lowest BCUT2D eigenvalue weighted by atomic mass is 9.98. The van der Waals surface area contributed by atoms with Crippen LogP contribution in [0.1, 0.15) is 55.7 Å². The van der Waals surface area contributed by atoms with Crippen LogP contribution in [-0.2, 0) is 17.4 Å². The Labute approximate surface area is 276 Å². The van der Waals surface area contributed by atoms with Crippen molar-refractivity contribution in [3.05, 3.63) is 63.0 Å². The molecular weight excluding hydrogens is 635 g/mol. The van der Waals surface area contributed by atoms with E-state index in [9.17, 15) is 27.6 Å². The molecule has 0 spiro atoms. The van der Waals surface area contributed by atoms with E-state index in [1.54, 1.807) is 14.4 Å². The van der Waals surface area contributed by atoms with Gasteiger partial charge >= 0.3 is 17.9 Å². The third kappa shape index (κ3) is 7.11. The number of para-hydroxylation sites is 2. The number of piperidine rings is 2. The number of aromatic amines is 1. The van der Waals surface area contributed by atoms with Gasteiger partial charge in [0, 0.05) is 51.7 Å². The first-order valence-corrected chi connectivity index (χ1v) is 16.8. The molecule has 0 saturated carbocycles. The second-order valence-electron chi connectivity index (χ2n) is 12.8. The van der Waals surface area contributed by atoms with Crippen molar-refractivity contribution in [1.29, 1.82) is 0 Å². The van der Waals surface area contributed by atoms with E-state index in [0.29, 0.717) is 45.1 Å². The van der Waals surface area contributed by atoms with E-state index in [2.05, 4.69) is 20.5 Å². The highest BCUT2D eigenvalue weighted by molar-refractivity contribution is 6.33. The summed E-state index contributed by atoms with van der Waals surface area (Å²) in [6.45, 7) is 3.87. The first kappa shape index (κ1) is 33.2. The van der Waals surface area contributed by atoms with Crippen molar-refractivity contribution in [3.63, 3.8) is 0 Å². The van der Waals surface area contributed by atoms with Crippen LogP contribution < -0.4 is 16.3 Å². The van der Waals surface area contributed by atoms with E-state index in [-0.39, 0.29) is 40.3 Å². The fourth-order valence-corrected chi connectivity index (χ4v) is 7.81. The van der Waals surface area contributed by atoms with E-state index in [4.69, 9.17) is 11.6 Å². The molecule has 1 aromatic heterocycles. The molecule has 0 radical (unpaired) electrons. The van der Waals surface area contributed by atoms with Crippen LogP contribution >= 0.6 is 11.6 Å². The lowest BCUT2D eigenvalue weighted by molar-refractivity contribution is -0.137. The van der Waals surface area contributed by atoms with Gasteiger partial charge in [-0.05, 0) is 81.4 Å². The molecule has 0 bridgehead atoms. The number of fused-ring (bicyclic) bond motifs is 1. The standard InChI is InChI=1S/C33H41ClF3N7O3/c1-38-29-24(33(35,36)37)18-21(19-25(29)34)20-27(30(45)42-14-8-22(9-15-42)41-12-4-5-13-41)40-31(46)43-16-10-23(11-17-43)44-28-7-3-2-6-26(28)39-32(44)47/h2-3,6-7,18-19,22-23,27,38H,4-5,8-17,20H2,1H3,(H,39,47)(H,40,46)/t27-/m1/s1. The SMILES string of the molecule is CNc1c(Cl)cc(C[C@@H](NC(=O)N2CCC(n3c(=O)[nH]c4ccccc43)CC2)C(=O)N2CCC(N3CCCC3)CC2)cc1C(F)(F)F. The highest BCUT2D eigenvalue weighted by atomic mass is 35.5. The van der Waals surface area contributed by atoms with Gasteiger partial charge < -0.3 is 30.3 Å². The third-order valence-electron chi connectivity index (χ3n) is 9.92. The molecular formula is C33H41ClF3N7O3. The Morgan fingerprint density at radius 2 is 1.60 bits per heavy atom. The van der Waals surface area contributed by atoms with Crippen LogP contribution in [0.25, 0.3) is 11.0 Å². The summed E-state index contributed by atoms with van der Waals surface area (Å²) in [5.41, 5.74) is 0.386. The monoisotopic (exact) mass is 675 g/mol. The Bertz CT molecular complexity index is 1650. The van der Waals surface area contributed by atoms with Gasteiger partial charge in [0.2, 0.25) is 5.91 Å². The number of anilines is 1. The fraction of sp³-hybridized carbons (Fsp3) is 0.545. The van der Waals surface area contributed by atoms with Crippen molar-refractivity contribution >= 4 is 40.3 Å². The van der Waals surface area contributed by atoms with Gasteiger partial charge in [-0.1, -0.05) is 23.7 Å². The summed E-state index contributed by atoms with van der Waals surface area (Å²) in [6.07, 6.45) is 0.235. The number of likely N-dealkylation sites (tertiary alicyclic amines) is 3. The maximum atomic E-state index is 14.0. The van der Waals surface area contributed by atoms with Gasteiger partial charge in [0.25, 0.3) is 0 Å². The van der Waals surface area contributed by atoms with Crippen molar-refractivity contribution in [2.75, 3.05) is 51.6 Å². The minimum Gasteiger partial charge on any atom is -0.386 e. The van der Waals surface area contributed by atoms with Gasteiger partial charge in [0.05, 0.1) is 27.3 Å². The van der Waals surface area contributed by atoms with Crippen molar-refractivity contribution in [2.45, 2.75) is 69.2 Å². The number of imidazole rings is 1. The number of amides is 3. The maximum Gasteiger partial charge on any atom is 0.418 e. The van der Waals surface area contributed by atoms with Crippen LogP contribution in [0.15, 0.2) is 41.2 Å². The minimum absolute atomic E-state index is 0.106. The Morgan fingerprint density at radius 1 is 0.957 bits per heavy atom. The number of aromatic nitrogens is 2. The van der Waals surface area contributed by atoms with Gasteiger partial charge in [-0.3, -0.25) is 9.36 Å². The highest BCUT2D eigenvalue weighted by Crippen LogP contribution is 2.39. The predicted octanol–water partition coefficient (Wildman–Crippen LogP) is 5.09. The molecule has 3 aliphatic rings. The Kier molecular flexibility index (Phi) is 9.75. The topological polar surface area (TPSA) is 106 Å². The molecule has 2 aromatic carbocycles. The number of alkyl halides is 3. The second kappa shape index (κ2) is 13.8. The molecule has 47 heavy (non-hydrogen) atoms. The maximum absolute atomic E-state index is 14.0. The van der Waals surface area contributed by atoms with E-state index in [0.717, 1.165) is 43.0 Å². The number of rotatable bonds is 7. The molecule has 254 valence electrons. The van der Waals surface area contributed by atoms with Crippen molar-refractivity contribution in [2.24, 2.45) is 0 Å². The number of halogens is 4. The largest absolute Gasteiger partial charge is 0.418 e. The zero-order chi connectivity index (χ0) is 33.3. The number of hydrogen-bond acceptors (Lipinski definition) is 5. The zero-order valence-electron chi connectivity index (χ0n) is 26.4. The van der Waals surface area contributed by atoms with Crippen LogP contribution in [0.4, 0.5) is 23.7 Å². The molecule has 14 heteroatoms. The first-order chi connectivity index (χ1) is 22.5. The Hall–Kier alpha value is -3.71. The lowest BCUT2D eigenvalue weighted by Gasteiger charge is -2.38. The summed E-state index contributed by atoms with van der Waals surface area (Å²) < 4.78 is 43.6. The molecule has 3 amide bonds. The molecule has 0 aliphatic carbocycles. The van der Waals surface area contributed by atoms with Gasteiger partial charge in [0.15, 0.2) is 0 Å². The molecule has 3 aromatic rings. The second-order valence-corrected chi connectivity index (χ2v) is 13.2. The number of hydrogen-bond donors (Lipinski definition) is 3. The zero-order valence-corrected chi connectivity index (χ0v) is 27.2. The molecule has 0 unspecified atom stereocenters. The smallest absolute Gasteiger partial charge is 0.386 e. The Morgan fingerprint density at radius 3 is 2.26 bits per heavy atom. The molecule has 3 fully saturated rings. The summed E-state index contributed by atoms with van der Waals surface area (Å²) in [5.74, 6) is -0.319. The van der Waals surface area contributed by atoms with Crippen LogP contribution in [0, 0.1) is 0 Å². The number of carbonyl (C=O) groups is 2. The molecule has 4 heterocycles. The number of urea groups is 1. The highest BCUT2D eigenvalue weighted by Gasteiger charge is 2.37. The molecule has 3 N–H and O–H groups in total. The first-order valence-electron chi connectivity index (χ1n) is 16.4. The number of benzene rings is 2. The van der Waals surface area contributed by atoms with Gasteiger partial charge in [0.1, 0.15) is 6.04 Å². The van der Waals surface area contributed by atoms with Crippen molar-refractivity contribution in [3.8, 4) is 0 Å².